The number of carbonyl (C=O) groups is 1. The largest absolute Gasteiger partial charge is 0.309 e. The Morgan fingerprint density at radius 1 is 1.32 bits per heavy atom. The molecule has 0 spiro atoms. The van der Waals surface area contributed by atoms with E-state index in [4.69, 9.17) is 5.26 Å². The highest BCUT2D eigenvalue weighted by molar-refractivity contribution is 6.03. The molecule has 0 saturated carbocycles. The molecule has 6 nitrogen and oxygen atoms in total. The number of hydrogen-bond acceptors (Lipinski definition) is 4. The number of fused-ring (bicyclic) bond motifs is 1. The number of hydrogen-bond donors (Lipinski definition) is 1. The van der Waals surface area contributed by atoms with Crippen LogP contribution in [-0.2, 0) is 6.54 Å². The summed E-state index contributed by atoms with van der Waals surface area (Å²) in [4.78, 5) is 21.0. The van der Waals surface area contributed by atoms with Crippen LogP contribution in [0.3, 0.4) is 0 Å². The minimum atomic E-state index is -0.265. The number of anilines is 1. The summed E-state index contributed by atoms with van der Waals surface area (Å²) < 4.78 is 1.95. The maximum absolute atomic E-state index is 12.5. The molecule has 0 aliphatic carbocycles. The van der Waals surface area contributed by atoms with E-state index in [1.807, 2.05) is 4.57 Å². The highest BCUT2D eigenvalue weighted by Crippen LogP contribution is 2.26. The number of nitriles is 1. The molecule has 3 rings (SSSR count). The van der Waals surface area contributed by atoms with E-state index in [1.54, 1.807) is 36.5 Å². The van der Waals surface area contributed by atoms with Gasteiger partial charge in [0.2, 0.25) is 5.95 Å². The van der Waals surface area contributed by atoms with E-state index in [0.29, 0.717) is 23.6 Å². The Morgan fingerprint density at radius 3 is 2.76 bits per heavy atom. The lowest BCUT2D eigenvalue weighted by Gasteiger charge is -2.21. The molecule has 6 heteroatoms. The third-order valence-corrected chi connectivity index (χ3v) is 3.66. The fourth-order valence-electron chi connectivity index (χ4n) is 2.59. The van der Waals surface area contributed by atoms with E-state index < -0.39 is 0 Å². The summed E-state index contributed by atoms with van der Waals surface area (Å²) >= 11 is 0. The first-order chi connectivity index (χ1) is 11.9. The SMILES string of the molecule is CC(C)(C)Cn1c(NC(=O)c2cccnc2)nc2ccc(C#N)cc21. The first kappa shape index (κ1) is 16.7. The van der Waals surface area contributed by atoms with Crippen molar-refractivity contribution >= 4 is 22.9 Å². The molecule has 1 aromatic carbocycles. The van der Waals surface area contributed by atoms with Crippen LogP contribution in [0.25, 0.3) is 11.0 Å². The van der Waals surface area contributed by atoms with Crippen LogP contribution in [0.2, 0.25) is 0 Å². The molecule has 1 N–H and O–H groups in total. The highest BCUT2D eigenvalue weighted by Gasteiger charge is 2.20. The number of nitrogens with one attached hydrogen (secondary N) is 1. The number of pyridine rings is 1. The smallest absolute Gasteiger partial charge is 0.259 e. The zero-order valence-corrected chi connectivity index (χ0v) is 14.4. The number of imidazole rings is 1. The van der Waals surface area contributed by atoms with Gasteiger partial charge in [-0.15, -0.1) is 0 Å². The van der Waals surface area contributed by atoms with Gasteiger partial charge in [0.05, 0.1) is 28.2 Å². The molecule has 0 radical (unpaired) electrons. The maximum Gasteiger partial charge on any atom is 0.259 e. The number of benzene rings is 1. The number of rotatable bonds is 3. The minimum absolute atomic E-state index is 0.0238. The molecule has 0 aliphatic heterocycles. The summed E-state index contributed by atoms with van der Waals surface area (Å²) in [6, 6.07) is 10.9. The van der Waals surface area contributed by atoms with Crippen LogP contribution in [0.4, 0.5) is 5.95 Å². The quantitative estimate of drug-likeness (QED) is 0.793. The molecule has 0 saturated heterocycles. The van der Waals surface area contributed by atoms with Crippen LogP contribution in [0.5, 0.6) is 0 Å². The van der Waals surface area contributed by atoms with Gasteiger partial charge in [0, 0.05) is 18.9 Å². The van der Waals surface area contributed by atoms with Crippen molar-refractivity contribution in [3.8, 4) is 6.07 Å². The second-order valence-corrected chi connectivity index (χ2v) is 7.09. The van der Waals surface area contributed by atoms with E-state index in [0.717, 1.165) is 11.0 Å². The second-order valence-electron chi connectivity index (χ2n) is 7.09. The molecule has 3 aromatic rings. The Morgan fingerprint density at radius 2 is 2.12 bits per heavy atom. The molecule has 0 aliphatic rings. The van der Waals surface area contributed by atoms with Crippen molar-refractivity contribution < 1.29 is 4.79 Å². The Balaban J connectivity index is 2.06. The molecule has 25 heavy (non-hydrogen) atoms. The number of amides is 1. The molecule has 0 atom stereocenters. The van der Waals surface area contributed by atoms with E-state index in [1.165, 1.54) is 6.20 Å². The van der Waals surface area contributed by atoms with Crippen LogP contribution in [0.1, 0.15) is 36.7 Å². The lowest BCUT2D eigenvalue weighted by Crippen LogP contribution is -2.20. The molecule has 2 aromatic heterocycles. The van der Waals surface area contributed by atoms with Crippen molar-refractivity contribution in [3.05, 3.63) is 53.9 Å². The zero-order chi connectivity index (χ0) is 18.0. The topological polar surface area (TPSA) is 83.6 Å². The lowest BCUT2D eigenvalue weighted by molar-refractivity contribution is 0.102. The summed E-state index contributed by atoms with van der Waals surface area (Å²) in [5.74, 6) is 0.202. The van der Waals surface area contributed by atoms with Gasteiger partial charge in [0.15, 0.2) is 0 Å². The predicted molar refractivity (Wildman–Crippen MR) is 96.1 cm³/mol. The van der Waals surface area contributed by atoms with Gasteiger partial charge >= 0.3 is 0 Å². The van der Waals surface area contributed by atoms with E-state index in [2.05, 4.69) is 42.1 Å². The Kier molecular flexibility index (Phi) is 4.24. The highest BCUT2D eigenvalue weighted by atomic mass is 16.1. The lowest BCUT2D eigenvalue weighted by atomic mass is 9.97. The summed E-state index contributed by atoms with van der Waals surface area (Å²) in [7, 11) is 0. The molecule has 126 valence electrons. The van der Waals surface area contributed by atoms with Gasteiger partial charge < -0.3 is 4.57 Å². The monoisotopic (exact) mass is 333 g/mol. The third kappa shape index (κ3) is 3.66. The van der Waals surface area contributed by atoms with E-state index >= 15 is 0 Å². The minimum Gasteiger partial charge on any atom is -0.309 e. The average Bonchev–Trinajstić information content (AvgIpc) is 2.90. The van der Waals surface area contributed by atoms with Gasteiger partial charge in [-0.2, -0.15) is 5.26 Å². The number of aromatic nitrogens is 3. The van der Waals surface area contributed by atoms with E-state index in [-0.39, 0.29) is 11.3 Å². The first-order valence-electron chi connectivity index (χ1n) is 7.99. The van der Waals surface area contributed by atoms with Crippen LogP contribution < -0.4 is 5.32 Å². The van der Waals surface area contributed by atoms with Gasteiger partial charge in [-0.05, 0) is 35.7 Å². The molecule has 0 fully saturated rings. The van der Waals surface area contributed by atoms with Gasteiger partial charge in [0.25, 0.3) is 5.91 Å². The first-order valence-corrected chi connectivity index (χ1v) is 7.99. The second kappa shape index (κ2) is 6.36. The molecular weight excluding hydrogens is 314 g/mol. The summed E-state index contributed by atoms with van der Waals surface area (Å²) in [6.07, 6.45) is 3.13. The van der Waals surface area contributed by atoms with E-state index in [9.17, 15) is 4.79 Å². The zero-order valence-electron chi connectivity index (χ0n) is 14.4. The molecule has 0 bridgehead atoms. The van der Waals surface area contributed by atoms with Gasteiger partial charge in [-0.1, -0.05) is 20.8 Å². The van der Waals surface area contributed by atoms with Crippen molar-refractivity contribution in [2.24, 2.45) is 5.41 Å². The fraction of sp³-hybridized carbons (Fsp3) is 0.263. The molecule has 2 heterocycles. The average molecular weight is 333 g/mol. The van der Waals surface area contributed by atoms with Crippen LogP contribution in [0.15, 0.2) is 42.7 Å². The Labute approximate surface area is 146 Å². The Bertz CT molecular complexity index is 961. The summed E-state index contributed by atoms with van der Waals surface area (Å²) in [6.45, 7) is 6.99. The van der Waals surface area contributed by atoms with Crippen LogP contribution >= 0.6 is 0 Å². The van der Waals surface area contributed by atoms with Crippen LogP contribution in [-0.4, -0.2) is 20.4 Å². The van der Waals surface area contributed by atoms with Gasteiger partial charge in [0.1, 0.15) is 0 Å². The number of nitrogens with zero attached hydrogens (tertiary/aromatic N) is 4. The van der Waals surface area contributed by atoms with Crippen molar-refractivity contribution in [3.63, 3.8) is 0 Å². The number of carbonyl (C=O) groups excluding carboxylic acids is 1. The van der Waals surface area contributed by atoms with Gasteiger partial charge in [-0.3, -0.25) is 15.1 Å². The maximum atomic E-state index is 12.5. The molecule has 1 amide bonds. The predicted octanol–water partition coefficient (Wildman–Crippen LogP) is 3.60. The van der Waals surface area contributed by atoms with Crippen molar-refractivity contribution in [2.45, 2.75) is 27.3 Å². The van der Waals surface area contributed by atoms with Crippen molar-refractivity contribution in [1.82, 2.24) is 14.5 Å². The summed E-state index contributed by atoms with van der Waals surface area (Å²) in [5.41, 5.74) is 2.58. The standard InChI is InChI=1S/C19H19N5O/c1-19(2,3)12-24-16-9-13(10-20)6-7-15(16)22-18(24)23-17(25)14-5-4-8-21-11-14/h4-9,11H,12H2,1-3H3,(H,22,23,25). The van der Waals surface area contributed by atoms with Gasteiger partial charge in [-0.25, -0.2) is 4.98 Å². The molecular formula is C19H19N5O. The molecule has 0 unspecified atom stereocenters. The van der Waals surface area contributed by atoms with Crippen molar-refractivity contribution in [2.75, 3.05) is 5.32 Å². The Hall–Kier alpha value is -3.20. The normalized spacial score (nSPS) is 11.3. The fourth-order valence-corrected chi connectivity index (χ4v) is 2.59. The van der Waals surface area contributed by atoms with Crippen LogP contribution in [0, 0.1) is 16.7 Å². The van der Waals surface area contributed by atoms with Crippen molar-refractivity contribution in [1.29, 1.82) is 5.26 Å². The summed E-state index contributed by atoms with van der Waals surface area (Å²) in [5, 5.41) is 12.0. The third-order valence-electron chi connectivity index (χ3n) is 3.66.